The van der Waals surface area contributed by atoms with Crippen molar-refractivity contribution < 1.29 is 34.2 Å². The van der Waals surface area contributed by atoms with Crippen LogP contribution in [0.2, 0.25) is 0 Å². The Kier molecular flexibility index (Phi) is 13.9. The summed E-state index contributed by atoms with van der Waals surface area (Å²) < 4.78 is 0. The Labute approximate surface area is 245 Å². The molecule has 0 spiro atoms. The number of likely N-dealkylation sites (tertiary alicyclic amines) is 2. The van der Waals surface area contributed by atoms with E-state index in [1.807, 2.05) is 0 Å². The van der Waals surface area contributed by atoms with Gasteiger partial charge in [0.25, 0.3) is 0 Å². The Hall–Kier alpha value is -3.50. The molecule has 0 aromatic carbocycles. The van der Waals surface area contributed by atoms with Crippen LogP contribution in [0.25, 0.3) is 0 Å². The molecule has 2 fully saturated rings. The molecule has 42 heavy (non-hydrogen) atoms. The van der Waals surface area contributed by atoms with Crippen LogP contribution >= 0.6 is 0 Å². The Balaban J connectivity index is 2.11. The van der Waals surface area contributed by atoms with E-state index >= 15 is 0 Å². The van der Waals surface area contributed by atoms with Gasteiger partial charge in [-0.05, 0) is 71.3 Å². The Morgan fingerprint density at radius 2 is 1.57 bits per heavy atom. The summed E-state index contributed by atoms with van der Waals surface area (Å²) in [6.45, 7) is 2.63. The van der Waals surface area contributed by atoms with Crippen LogP contribution in [0.4, 0.5) is 0 Å². The molecule has 16 nitrogen and oxygen atoms in total. The van der Waals surface area contributed by atoms with E-state index in [4.69, 9.17) is 22.6 Å². The van der Waals surface area contributed by atoms with E-state index in [-0.39, 0.29) is 31.9 Å². The summed E-state index contributed by atoms with van der Waals surface area (Å²) in [5.41, 5.74) is 16.6. The number of guanidine groups is 1. The topological polar surface area (TPSA) is 270 Å². The molecule has 2 aliphatic rings. The summed E-state index contributed by atoms with van der Waals surface area (Å²) in [5.74, 6) is -3.56. The van der Waals surface area contributed by atoms with Gasteiger partial charge in [-0.2, -0.15) is 0 Å². The quantitative estimate of drug-likeness (QED) is 0.0495. The number of hydrogen-bond acceptors (Lipinski definition) is 9. The molecule has 3 unspecified atom stereocenters. The highest BCUT2D eigenvalue weighted by Gasteiger charge is 2.44. The van der Waals surface area contributed by atoms with E-state index in [1.165, 1.54) is 16.7 Å². The number of aliphatic carboxylic acids is 1. The van der Waals surface area contributed by atoms with Crippen LogP contribution < -0.4 is 33.2 Å². The third-order valence-electron chi connectivity index (χ3n) is 7.64. The van der Waals surface area contributed by atoms with Gasteiger partial charge in [0.2, 0.25) is 23.6 Å². The molecule has 2 heterocycles. The summed E-state index contributed by atoms with van der Waals surface area (Å²) in [7, 11) is 0. The minimum atomic E-state index is -1.23. The molecule has 2 aliphatic heterocycles. The molecule has 12 N–H and O–H groups in total. The van der Waals surface area contributed by atoms with Crippen molar-refractivity contribution in [1.29, 1.82) is 5.41 Å². The number of nitrogens with zero attached hydrogens (tertiary/aromatic N) is 2. The van der Waals surface area contributed by atoms with Gasteiger partial charge in [0, 0.05) is 19.6 Å². The van der Waals surface area contributed by atoms with Gasteiger partial charge < -0.3 is 53.2 Å². The molecule has 0 saturated carbocycles. The van der Waals surface area contributed by atoms with E-state index < -0.39 is 65.9 Å². The maximum absolute atomic E-state index is 13.7. The van der Waals surface area contributed by atoms with Crippen molar-refractivity contribution >= 4 is 35.6 Å². The number of rotatable bonds is 16. The SMILES string of the molecule is CC(O)C(N)C(=O)N[C@H](CCCCN)C(=O)N1CCC[C@H]1C(=O)N1CCCC1C(=O)N[C@@H](CCCNC(=N)N)C(=O)O. The number of carbonyl (C=O) groups excluding carboxylic acids is 4. The Morgan fingerprint density at radius 1 is 0.952 bits per heavy atom. The fourth-order valence-corrected chi connectivity index (χ4v) is 5.27. The maximum Gasteiger partial charge on any atom is 0.326 e. The third kappa shape index (κ3) is 9.80. The van der Waals surface area contributed by atoms with Crippen LogP contribution in [0.5, 0.6) is 0 Å². The molecule has 0 aliphatic carbocycles. The number of aliphatic hydroxyl groups excluding tert-OH is 1. The molecule has 2 rings (SSSR count). The van der Waals surface area contributed by atoms with Crippen molar-refractivity contribution in [1.82, 2.24) is 25.8 Å². The number of nitrogens with two attached hydrogens (primary N) is 3. The zero-order valence-corrected chi connectivity index (χ0v) is 24.2. The lowest BCUT2D eigenvalue weighted by Gasteiger charge is -2.33. The standard InChI is InChI=1S/C26H47N9O7/c1-15(36)20(28)22(38)32-16(7-2-3-11-27)23(39)35-14-6-10-19(35)24(40)34-13-5-9-18(34)21(37)33-17(25(41)42)8-4-12-31-26(29)30/h15-20,36H,2-14,27-28H2,1H3,(H,32,38)(H,33,37)(H,41,42)(H4,29,30,31)/t15?,16-,17+,18?,19+,20?/m1/s1. The number of carbonyl (C=O) groups is 5. The number of carboxylic acid groups (broad SMARTS) is 1. The summed E-state index contributed by atoms with van der Waals surface area (Å²) in [6, 6.07) is -5.09. The Morgan fingerprint density at radius 3 is 2.17 bits per heavy atom. The van der Waals surface area contributed by atoms with Gasteiger partial charge in [-0.1, -0.05) is 0 Å². The van der Waals surface area contributed by atoms with E-state index in [0.29, 0.717) is 58.0 Å². The number of unbranched alkanes of at least 4 members (excludes halogenated alkanes) is 1. The first-order chi connectivity index (χ1) is 19.9. The number of amides is 4. The zero-order valence-electron chi connectivity index (χ0n) is 24.2. The van der Waals surface area contributed by atoms with Gasteiger partial charge >= 0.3 is 5.97 Å². The van der Waals surface area contributed by atoms with Crippen LogP contribution in [0.1, 0.15) is 64.7 Å². The predicted octanol–water partition coefficient (Wildman–Crippen LogP) is -2.88. The molecule has 0 bridgehead atoms. The predicted molar refractivity (Wildman–Crippen MR) is 153 cm³/mol. The van der Waals surface area contributed by atoms with Gasteiger partial charge in [-0.25, -0.2) is 4.79 Å². The zero-order chi connectivity index (χ0) is 31.4. The minimum Gasteiger partial charge on any atom is -0.480 e. The largest absolute Gasteiger partial charge is 0.480 e. The van der Waals surface area contributed by atoms with Crippen molar-refractivity contribution in [3.8, 4) is 0 Å². The summed E-state index contributed by atoms with van der Waals surface area (Å²) in [4.78, 5) is 67.6. The fourth-order valence-electron chi connectivity index (χ4n) is 5.27. The molecular weight excluding hydrogens is 550 g/mol. The molecule has 6 atom stereocenters. The number of nitrogens with one attached hydrogen (secondary N) is 4. The molecule has 16 heteroatoms. The van der Waals surface area contributed by atoms with Crippen molar-refractivity contribution in [3.63, 3.8) is 0 Å². The number of hydrogen-bond donors (Lipinski definition) is 9. The van der Waals surface area contributed by atoms with Crippen molar-refractivity contribution in [3.05, 3.63) is 0 Å². The second-order valence-electron chi connectivity index (χ2n) is 10.9. The summed E-state index contributed by atoms with van der Waals surface area (Å²) in [6.07, 6.45) is 2.60. The van der Waals surface area contributed by atoms with E-state index in [2.05, 4.69) is 16.0 Å². The van der Waals surface area contributed by atoms with Gasteiger partial charge in [0.1, 0.15) is 30.2 Å². The highest BCUT2D eigenvalue weighted by atomic mass is 16.4. The van der Waals surface area contributed by atoms with Crippen LogP contribution in [0.15, 0.2) is 0 Å². The van der Waals surface area contributed by atoms with E-state index in [0.717, 1.165) is 0 Å². The van der Waals surface area contributed by atoms with Gasteiger partial charge in [-0.15, -0.1) is 0 Å². The first-order valence-corrected chi connectivity index (χ1v) is 14.5. The van der Waals surface area contributed by atoms with E-state index in [9.17, 15) is 34.2 Å². The summed E-state index contributed by atoms with van der Waals surface area (Å²) in [5, 5.41) is 34.2. The van der Waals surface area contributed by atoms with Gasteiger partial charge in [0.15, 0.2) is 5.96 Å². The molecule has 4 amide bonds. The highest BCUT2D eigenvalue weighted by Crippen LogP contribution is 2.26. The molecule has 238 valence electrons. The van der Waals surface area contributed by atoms with Gasteiger partial charge in [0.05, 0.1) is 6.10 Å². The minimum absolute atomic E-state index is 0.100. The normalized spacial score (nSPS) is 21.2. The summed E-state index contributed by atoms with van der Waals surface area (Å²) >= 11 is 0. The average molecular weight is 598 g/mol. The first kappa shape index (κ1) is 34.7. The van der Waals surface area contributed by atoms with Gasteiger partial charge in [-0.3, -0.25) is 24.6 Å². The monoisotopic (exact) mass is 597 g/mol. The lowest BCUT2D eigenvalue weighted by atomic mass is 10.1. The second kappa shape index (κ2) is 16.8. The van der Waals surface area contributed by atoms with Crippen LogP contribution in [-0.2, 0) is 24.0 Å². The second-order valence-corrected chi connectivity index (χ2v) is 10.9. The first-order valence-electron chi connectivity index (χ1n) is 14.5. The smallest absolute Gasteiger partial charge is 0.326 e. The highest BCUT2D eigenvalue weighted by molar-refractivity contribution is 5.96. The van der Waals surface area contributed by atoms with Crippen LogP contribution in [-0.4, -0.2) is 118 Å². The fraction of sp³-hybridized carbons (Fsp3) is 0.769. The lowest BCUT2D eigenvalue weighted by molar-refractivity contribution is -0.149. The number of aliphatic hydroxyl groups is 1. The lowest BCUT2D eigenvalue weighted by Crippen LogP contribution is -2.58. The van der Waals surface area contributed by atoms with Crippen molar-refractivity contribution in [2.45, 2.75) is 101 Å². The van der Waals surface area contributed by atoms with Crippen molar-refractivity contribution in [2.75, 3.05) is 26.2 Å². The Bertz CT molecular complexity index is 980. The maximum atomic E-state index is 13.7. The molecular formula is C26H47N9O7. The molecule has 2 saturated heterocycles. The van der Waals surface area contributed by atoms with Crippen LogP contribution in [0, 0.1) is 5.41 Å². The molecule has 0 aromatic rings. The van der Waals surface area contributed by atoms with E-state index in [1.54, 1.807) is 0 Å². The van der Waals surface area contributed by atoms with Crippen LogP contribution in [0.3, 0.4) is 0 Å². The number of carboxylic acids is 1. The van der Waals surface area contributed by atoms with Crippen molar-refractivity contribution in [2.24, 2.45) is 17.2 Å². The molecule has 0 aromatic heterocycles. The molecule has 0 radical (unpaired) electrons. The average Bonchev–Trinajstić information content (AvgIpc) is 3.63. The third-order valence-corrected chi connectivity index (χ3v) is 7.64.